The van der Waals surface area contributed by atoms with Gasteiger partial charge in [0.15, 0.2) is 17.7 Å². The summed E-state index contributed by atoms with van der Waals surface area (Å²) in [7, 11) is 0. The number of carbonyl (C=O) groups excluding carboxylic acids is 1. The van der Waals surface area contributed by atoms with Gasteiger partial charge in [0.1, 0.15) is 5.76 Å². The molecular weight excluding hydrogens is 277 g/mol. The van der Waals surface area contributed by atoms with Crippen LogP contribution in [0.25, 0.3) is 0 Å². The molecule has 0 aliphatic carbocycles. The first-order chi connectivity index (χ1) is 10.1. The molecule has 2 aromatic rings. The average molecular weight is 293 g/mol. The number of carbonyl (C=O) groups is 1. The van der Waals surface area contributed by atoms with Gasteiger partial charge in [-0.2, -0.15) is 0 Å². The van der Waals surface area contributed by atoms with E-state index in [4.69, 9.17) is 14.3 Å². The van der Waals surface area contributed by atoms with E-state index in [-0.39, 0.29) is 24.8 Å². The Morgan fingerprint density at radius 3 is 2.90 bits per heavy atom. The molecule has 0 aliphatic rings. The Balaban J connectivity index is 1.91. The molecule has 0 radical (unpaired) electrons. The van der Waals surface area contributed by atoms with Crippen molar-refractivity contribution in [2.75, 3.05) is 0 Å². The van der Waals surface area contributed by atoms with Gasteiger partial charge in [0.2, 0.25) is 0 Å². The van der Waals surface area contributed by atoms with Crippen LogP contribution >= 0.6 is 0 Å². The molecule has 112 valence electrons. The summed E-state index contributed by atoms with van der Waals surface area (Å²) >= 11 is 0. The van der Waals surface area contributed by atoms with Gasteiger partial charge in [-0.15, -0.1) is 0 Å². The Kier molecular flexibility index (Phi) is 4.94. The van der Waals surface area contributed by atoms with Crippen LogP contribution in [0.4, 0.5) is 4.39 Å². The Bertz CT molecular complexity index is 598. The Hall–Kier alpha value is -2.34. The van der Waals surface area contributed by atoms with E-state index in [1.165, 1.54) is 31.4 Å². The number of aliphatic hydroxyl groups is 1. The molecule has 0 saturated heterocycles. The van der Waals surface area contributed by atoms with Gasteiger partial charge in [-0.3, -0.25) is 4.79 Å². The van der Waals surface area contributed by atoms with Crippen LogP contribution in [0.5, 0.6) is 5.75 Å². The van der Waals surface area contributed by atoms with Crippen molar-refractivity contribution >= 4 is 5.91 Å². The van der Waals surface area contributed by atoms with Crippen LogP contribution in [-0.4, -0.2) is 17.1 Å². The minimum absolute atomic E-state index is 0.0344. The van der Waals surface area contributed by atoms with E-state index in [1.54, 1.807) is 12.1 Å². The lowest BCUT2D eigenvalue weighted by Crippen LogP contribution is -2.36. The lowest BCUT2D eigenvalue weighted by atomic mass is 10.2. The van der Waals surface area contributed by atoms with Gasteiger partial charge in [-0.25, -0.2) is 4.39 Å². The SMILES string of the molecule is CC(Oc1ccc(CO)cc1F)C(=O)NCc1ccco1. The van der Waals surface area contributed by atoms with Gasteiger partial charge in [-0.05, 0) is 36.8 Å². The Morgan fingerprint density at radius 1 is 1.48 bits per heavy atom. The van der Waals surface area contributed by atoms with Crippen molar-refractivity contribution < 1.29 is 23.4 Å². The lowest BCUT2D eigenvalue weighted by molar-refractivity contribution is -0.127. The van der Waals surface area contributed by atoms with E-state index in [0.717, 1.165) is 0 Å². The summed E-state index contributed by atoms with van der Waals surface area (Å²) in [6, 6.07) is 7.55. The fraction of sp³-hybridized carbons (Fsp3) is 0.267. The minimum atomic E-state index is -0.852. The zero-order valence-corrected chi connectivity index (χ0v) is 11.5. The zero-order chi connectivity index (χ0) is 15.2. The normalized spacial score (nSPS) is 12.0. The maximum absolute atomic E-state index is 13.7. The first-order valence-corrected chi connectivity index (χ1v) is 6.46. The summed E-state index contributed by atoms with van der Waals surface area (Å²) in [5.74, 6) is -0.411. The molecule has 1 atom stereocenters. The smallest absolute Gasteiger partial charge is 0.261 e. The number of hydrogen-bond donors (Lipinski definition) is 2. The Labute approximate surface area is 121 Å². The summed E-state index contributed by atoms with van der Waals surface area (Å²) in [4.78, 5) is 11.8. The summed E-state index contributed by atoms with van der Waals surface area (Å²) < 4.78 is 24.1. The molecule has 6 heteroatoms. The van der Waals surface area contributed by atoms with E-state index in [2.05, 4.69) is 5.32 Å². The highest BCUT2D eigenvalue weighted by atomic mass is 19.1. The number of ether oxygens (including phenoxy) is 1. The van der Waals surface area contributed by atoms with Gasteiger partial charge in [0.05, 0.1) is 19.4 Å². The van der Waals surface area contributed by atoms with Gasteiger partial charge >= 0.3 is 0 Å². The van der Waals surface area contributed by atoms with Crippen LogP contribution < -0.4 is 10.1 Å². The van der Waals surface area contributed by atoms with Crippen molar-refractivity contribution in [1.29, 1.82) is 0 Å². The molecule has 1 aromatic carbocycles. The molecule has 0 aliphatic heterocycles. The molecule has 0 spiro atoms. The number of benzene rings is 1. The van der Waals surface area contributed by atoms with Gasteiger partial charge in [0.25, 0.3) is 5.91 Å². The fourth-order valence-corrected chi connectivity index (χ4v) is 1.71. The molecule has 0 saturated carbocycles. The molecule has 1 aromatic heterocycles. The highest BCUT2D eigenvalue weighted by Gasteiger charge is 2.16. The van der Waals surface area contributed by atoms with Crippen LogP contribution in [0.2, 0.25) is 0 Å². The lowest BCUT2D eigenvalue weighted by Gasteiger charge is -2.15. The molecule has 2 rings (SSSR count). The van der Waals surface area contributed by atoms with E-state index < -0.39 is 11.9 Å². The maximum Gasteiger partial charge on any atom is 0.261 e. The Morgan fingerprint density at radius 2 is 2.29 bits per heavy atom. The summed E-state index contributed by atoms with van der Waals surface area (Å²) in [5, 5.41) is 11.5. The number of aliphatic hydroxyl groups excluding tert-OH is 1. The minimum Gasteiger partial charge on any atom is -0.478 e. The summed E-state index contributed by atoms with van der Waals surface area (Å²) in [6.07, 6.45) is 0.661. The third-order valence-electron chi connectivity index (χ3n) is 2.87. The van der Waals surface area contributed by atoms with Crippen molar-refractivity contribution in [1.82, 2.24) is 5.32 Å². The van der Waals surface area contributed by atoms with Crippen molar-refractivity contribution in [3.05, 3.63) is 53.7 Å². The molecule has 0 fully saturated rings. The van der Waals surface area contributed by atoms with Crippen LogP contribution in [-0.2, 0) is 17.9 Å². The van der Waals surface area contributed by atoms with E-state index in [9.17, 15) is 9.18 Å². The number of amides is 1. The fourth-order valence-electron chi connectivity index (χ4n) is 1.71. The zero-order valence-electron chi connectivity index (χ0n) is 11.5. The molecule has 1 unspecified atom stereocenters. The molecular formula is C15H16FNO4. The second kappa shape index (κ2) is 6.90. The van der Waals surface area contributed by atoms with Crippen molar-refractivity contribution in [3.63, 3.8) is 0 Å². The third kappa shape index (κ3) is 4.06. The standard InChI is InChI=1S/C15H16FNO4/c1-10(15(19)17-8-12-3-2-6-20-12)21-14-5-4-11(9-18)7-13(14)16/h2-7,10,18H,8-9H2,1H3,(H,17,19). The second-order valence-corrected chi connectivity index (χ2v) is 4.48. The van der Waals surface area contributed by atoms with Crippen LogP contribution in [0.15, 0.2) is 41.0 Å². The van der Waals surface area contributed by atoms with Gasteiger partial charge < -0.3 is 19.6 Å². The predicted molar refractivity (Wildman–Crippen MR) is 73.0 cm³/mol. The van der Waals surface area contributed by atoms with E-state index in [1.807, 2.05) is 0 Å². The topological polar surface area (TPSA) is 71.7 Å². The number of furan rings is 1. The quantitative estimate of drug-likeness (QED) is 0.854. The largest absolute Gasteiger partial charge is 0.478 e. The van der Waals surface area contributed by atoms with Crippen LogP contribution in [0.3, 0.4) is 0 Å². The average Bonchev–Trinajstić information content (AvgIpc) is 3.00. The van der Waals surface area contributed by atoms with Crippen molar-refractivity contribution in [2.24, 2.45) is 0 Å². The molecule has 2 N–H and O–H groups in total. The summed E-state index contributed by atoms with van der Waals surface area (Å²) in [6.45, 7) is 1.51. The second-order valence-electron chi connectivity index (χ2n) is 4.48. The highest BCUT2D eigenvalue weighted by Crippen LogP contribution is 2.19. The number of halogens is 1. The van der Waals surface area contributed by atoms with Gasteiger partial charge in [-0.1, -0.05) is 6.07 Å². The van der Waals surface area contributed by atoms with Crippen molar-refractivity contribution in [2.45, 2.75) is 26.2 Å². The first-order valence-electron chi connectivity index (χ1n) is 6.46. The van der Waals surface area contributed by atoms with Crippen LogP contribution in [0, 0.1) is 5.82 Å². The van der Waals surface area contributed by atoms with Crippen LogP contribution in [0.1, 0.15) is 18.2 Å². The monoisotopic (exact) mass is 293 g/mol. The predicted octanol–water partition coefficient (Wildman–Crippen LogP) is 1.99. The highest BCUT2D eigenvalue weighted by molar-refractivity contribution is 5.80. The molecule has 5 nitrogen and oxygen atoms in total. The number of nitrogens with one attached hydrogen (secondary N) is 1. The first kappa shape index (κ1) is 15.1. The number of rotatable bonds is 6. The van der Waals surface area contributed by atoms with Crippen molar-refractivity contribution in [3.8, 4) is 5.75 Å². The maximum atomic E-state index is 13.7. The summed E-state index contributed by atoms with van der Waals surface area (Å²) in [5.41, 5.74) is 0.440. The van der Waals surface area contributed by atoms with E-state index >= 15 is 0 Å². The molecule has 1 amide bonds. The third-order valence-corrected chi connectivity index (χ3v) is 2.87. The molecule has 21 heavy (non-hydrogen) atoms. The molecule has 1 heterocycles. The number of hydrogen-bond acceptors (Lipinski definition) is 4. The van der Waals surface area contributed by atoms with Gasteiger partial charge in [0, 0.05) is 0 Å². The van der Waals surface area contributed by atoms with E-state index in [0.29, 0.717) is 11.3 Å². The molecule has 0 bridgehead atoms.